The van der Waals surface area contributed by atoms with E-state index < -0.39 is 0 Å². The van der Waals surface area contributed by atoms with E-state index in [2.05, 4.69) is 115 Å². The molecule has 190 valence electrons. The molecule has 0 atom stereocenters. The van der Waals surface area contributed by atoms with Gasteiger partial charge in [-0.15, -0.1) is 0 Å². The van der Waals surface area contributed by atoms with Crippen molar-refractivity contribution < 1.29 is 0 Å². The maximum Gasteiger partial charge on any atom is -0.0155 e. The molecule has 0 heterocycles. The summed E-state index contributed by atoms with van der Waals surface area (Å²) in [6, 6.07) is 17.0. The third-order valence-corrected chi connectivity index (χ3v) is 6.01. The number of benzene rings is 2. The molecule has 0 amide bonds. The van der Waals surface area contributed by atoms with Gasteiger partial charge in [0.15, 0.2) is 0 Å². The summed E-state index contributed by atoms with van der Waals surface area (Å²) >= 11 is 0. The molecule has 0 aliphatic heterocycles. The fourth-order valence-corrected chi connectivity index (χ4v) is 3.65. The molecule has 0 bridgehead atoms. The largest absolute Gasteiger partial charge is 0.0990 e. The average Bonchev–Trinajstić information content (AvgIpc) is 2.86. The average molecular weight is 471 g/mol. The molecule has 0 aromatic heterocycles. The third-order valence-electron chi connectivity index (χ3n) is 6.01. The Morgan fingerprint density at radius 2 is 1.49 bits per heavy atom. The van der Waals surface area contributed by atoms with E-state index in [9.17, 15) is 0 Å². The minimum Gasteiger partial charge on any atom is -0.0990 e. The molecular weight excluding hydrogens is 420 g/mol. The first-order valence-corrected chi connectivity index (χ1v) is 13.2. The van der Waals surface area contributed by atoms with Crippen LogP contribution < -0.4 is 0 Å². The Balaban J connectivity index is 0.000000534. The van der Waals surface area contributed by atoms with Crippen LogP contribution in [0.2, 0.25) is 0 Å². The predicted octanol–water partition coefficient (Wildman–Crippen LogP) is 11.6. The van der Waals surface area contributed by atoms with Gasteiger partial charge in [0.1, 0.15) is 0 Å². The molecule has 2 aromatic rings. The number of aryl methyl sites for hydroxylation is 1. The molecule has 0 heteroatoms. The standard InChI is InChI=1S/C16H16.C11H16.C8H18/c1-12(2)14-8-10-15(11-9-14)16-7-5-4-6-13(16)3;1-5-7-9-11(8-6-2)10(3)4;1-4-7-8(5-2)6-3/h4-11H,1H2,2-3H3;6-9H,2-3,5H2,1,4H3;8H,4-7H2,1-3H3/b;9-7-,11-8+;. The SMILES string of the molecule is C=C(C)c1ccc(-c2ccccc2C)cc1.C=C/C=C(\C=C/CC)C(=C)C.CCCC(CC)CC. The van der Waals surface area contributed by atoms with Crippen LogP contribution in [0.1, 0.15) is 84.8 Å². The molecule has 0 N–H and O–H groups in total. The third kappa shape index (κ3) is 13.6. The molecule has 2 rings (SSSR count). The van der Waals surface area contributed by atoms with Gasteiger partial charge in [0, 0.05) is 0 Å². The fraction of sp³-hybridized carbons (Fsp3) is 0.371. The van der Waals surface area contributed by atoms with E-state index >= 15 is 0 Å². The van der Waals surface area contributed by atoms with Crippen LogP contribution in [0.15, 0.2) is 104 Å². The zero-order valence-corrected chi connectivity index (χ0v) is 23.7. The molecule has 2 aromatic carbocycles. The Morgan fingerprint density at radius 3 is 1.89 bits per heavy atom. The molecule has 0 spiro atoms. The van der Waals surface area contributed by atoms with Gasteiger partial charge in [-0.05, 0) is 60.9 Å². The summed E-state index contributed by atoms with van der Waals surface area (Å²) < 4.78 is 0. The molecular formula is C35H50. The van der Waals surface area contributed by atoms with E-state index in [1.165, 1.54) is 47.9 Å². The van der Waals surface area contributed by atoms with Gasteiger partial charge in [0.2, 0.25) is 0 Å². The lowest BCUT2D eigenvalue weighted by molar-refractivity contribution is 0.451. The highest BCUT2D eigenvalue weighted by molar-refractivity contribution is 5.70. The van der Waals surface area contributed by atoms with Crippen LogP contribution in [0.3, 0.4) is 0 Å². The molecule has 0 fully saturated rings. The minimum absolute atomic E-state index is 1.000. The summed E-state index contributed by atoms with van der Waals surface area (Å²) in [7, 11) is 0. The summed E-state index contributed by atoms with van der Waals surface area (Å²) in [6.45, 7) is 26.5. The van der Waals surface area contributed by atoms with Crippen molar-refractivity contribution in [2.24, 2.45) is 5.92 Å². The van der Waals surface area contributed by atoms with Crippen molar-refractivity contribution in [2.75, 3.05) is 0 Å². The molecule has 0 saturated carbocycles. The van der Waals surface area contributed by atoms with Gasteiger partial charge < -0.3 is 0 Å². The zero-order valence-electron chi connectivity index (χ0n) is 23.7. The van der Waals surface area contributed by atoms with Gasteiger partial charge in [0.25, 0.3) is 0 Å². The van der Waals surface area contributed by atoms with Crippen LogP contribution >= 0.6 is 0 Å². The van der Waals surface area contributed by atoms with E-state index in [4.69, 9.17) is 0 Å². The number of allylic oxidation sites excluding steroid dienone is 7. The molecule has 35 heavy (non-hydrogen) atoms. The van der Waals surface area contributed by atoms with Crippen molar-refractivity contribution in [3.63, 3.8) is 0 Å². The Labute approximate surface area is 217 Å². The smallest absolute Gasteiger partial charge is 0.0155 e. The van der Waals surface area contributed by atoms with Crippen LogP contribution in [-0.2, 0) is 0 Å². The molecule has 0 nitrogen and oxygen atoms in total. The zero-order chi connectivity index (χ0) is 26.6. The van der Waals surface area contributed by atoms with Crippen molar-refractivity contribution in [3.8, 4) is 11.1 Å². The van der Waals surface area contributed by atoms with Gasteiger partial charge in [-0.3, -0.25) is 0 Å². The summed E-state index contributed by atoms with van der Waals surface area (Å²) in [5.74, 6) is 1.000. The quantitative estimate of drug-likeness (QED) is 0.303. The van der Waals surface area contributed by atoms with Crippen molar-refractivity contribution in [1.29, 1.82) is 0 Å². The van der Waals surface area contributed by atoms with E-state index in [0.717, 1.165) is 29.1 Å². The summed E-state index contributed by atoms with van der Waals surface area (Å²) in [6.07, 6.45) is 14.5. The van der Waals surface area contributed by atoms with Gasteiger partial charge >= 0.3 is 0 Å². The maximum absolute atomic E-state index is 3.95. The van der Waals surface area contributed by atoms with E-state index in [1.54, 1.807) is 6.08 Å². The molecule has 0 aliphatic carbocycles. The number of hydrogen-bond acceptors (Lipinski definition) is 0. The first kappa shape index (κ1) is 32.1. The molecule has 0 saturated heterocycles. The second-order valence-corrected chi connectivity index (χ2v) is 9.09. The first-order chi connectivity index (χ1) is 16.7. The highest BCUT2D eigenvalue weighted by Gasteiger charge is 2.01. The van der Waals surface area contributed by atoms with Gasteiger partial charge in [-0.2, -0.15) is 0 Å². The van der Waals surface area contributed by atoms with E-state index in [0.29, 0.717) is 0 Å². The van der Waals surface area contributed by atoms with Crippen LogP contribution in [0.25, 0.3) is 16.7 Å². The van der Waals surface area contributed by atoms with Crippen LogP contribution in [0.5, 0.6) is 0 Å². The minimum atomic E-state index is 1.000. The lowest BCUT2D eigenvalue weighted by atomic mass is 9.98. The summed E-state index contributed by atoms with van der Waals surface area (Å²) in [5.41, 5.74) is 8.43. The van der Waals surface area contributed by atoms with Crippen molar-refractivity contribution in [3.05, 3.63) is 115 Å². The van der Waals surface area contributed by atoms with Crippen molar-refractivity contribution >= 4 is 5.57 Å². The highest BCUT2D eigenvalue weighted by atomic mass is 14.1. The van der Waals surface area contributed by atoms with Crippen LogP contribution in [0.4, 0.5) is 0 Å². The van der Waals surface area contributed by atoms with Crippen LogP contribution in [-0.4, -0.2) is 0 Å². The van der Waals surface area contributed by atoms with Gasteiger partial charge in [0.05, 0.1) is 0 Å². The Kier molecular flexibility index (Phi) is 17.9. The predicted molar refractivity (Wildman–Crippen MR) is 163 cm³/mol. The second kappa shape index (κ2) is 19.4. The summed E-state index contributed by atoms with van der Waals surface area (Å²) in [4.78, 5) is 0. The molecule has 0 aliphatic rings. The number of rotatable bonds is 10. The Bertz CT molecular complexity index is 930. The second-order valence-electron chi connectivity index (χ2n) is 9.09. The molecule has 0 unspecified atom stereocenters. The highest BCUT2D eigenvalue weighted by Crippen LogP contribution is 2.24. The number of hydrogen-bond donors (Lipinski definition) is 0. The van der Waals surface area contributed by atoms with Gasteiger partial charge in [-0.1, -0.05) is 157 Å². The van der Waals surface area contributed by atoms with Gasteiger partial charge in [-0.25, -0.2) is 0 Å². The fourth-order valence-electron chi connectivity index (χ4n) is 3.65. The molecule has 0 radical (unpaired) electrons. The Hall–Kier alpha value is -2.86. The lowest BCUT2D eigenvalue weighted by Gasteiger charge is -2.08. The lowest BCUT2D eigenvalue weighted by Crippen LogP contribution is -1.94. The monoisotopic (exact) mass is 470 g/mol. The maximum atomic E-state index is 3.95. The Morgan fingerprint density at radius 1 is 0.886 bits per heavy atom. The van der Waals surface area contributed by atoms with Crippen LogP contribution in [0, 0.1) is 12.8 Å². The van der Waals surface area contributed by atoms with Crippen molar-refractivity contribution in [1.82, 2.24) is 0 Å². The summed E-state index contributed by atoms with van der Waals surface area (Å²) in [5, 5.41) is 0. The normalized spacial score (nSPS) is 10.8. The van der Waals surface area contributed by atoms with E-state index in [1.807, 2.05) is 19.9 Å². The topological polar surface area (TPSA) is 0 Å². The van der Waals surface area contributed by atoms with Crippen molar-refractivity contribution in [2.45, 2.75) is 80.6 Å². The first-order valence-electron chi connectivity index (χ1n) is 13.2. The van der Waals surface area contributed by atoms with E-state index in [-0.39, 0.29) is 0 Å².